The summed E-state index contributed by atoms with van der Waals surface area (Å²) in [5, 5.41) is 0. The Labute approximate surface area is 99.8 Å². The summed E-state index contributed by atoms with van der Waals surface area (Å²) in [5.74, 6) is -0.262. The predicted molar refractivity (Wildman–Crippen MR) is 66.8 cm³/mol. The van der Waals surface area contributed by atoms with Gasteiger partial charge in [-0.3, -0.25) is 0 Å². The minimum Gasteiger partial charge on any atom is -0.466 e. The van der Waals surface area contributed by atoms with Gasteiger partial charge in [0.25, 0.3) is 0 Å². The SMILES string of the molecule is CC.COC(=O)C1=CC=C(Br)C(C)=CC1. The van der Waals surface area contributed by atoms with Crippen molar-refractivity contribution in [2.45, 2.75) is 27.2 Å². The van der Waals surface area contributed by atoms with Crippen LogP contribution in [0.15, 0.2) is 33.9 Å². The number of ether oxygens (including phenoxy) is 1. The molecule has 1 aliphatic carbocycles. The van der Waals surface area contributed by atoms with Crippen molar-refractivity contribution in [1.29, 1.82) is 0 Å². The van der Waals surface area contributed by atoms with Gasteiger partial charge in [0.15, 0.2) is 0 Å². The van der Waals surface area contributed by atoms with Crippen molar-refractivity contribution in [2.75, 3.05) is 7.11 Å². The Balaban J connectivity index is 0.000000921. The quantitative estimate of drug-likeness (QED) is 0.680. The first kappa shape index (κ1) is 14.2. The van der Waals surface area contributed by atoms with Gasteiger partial charge in [0.1, 0.15) is 0 Å². The first-order valence-electron chi connectivity index (χ1n) is 4.97. The van der Waals surface area contributed by atoms with Gasteiger partial charge in [0.05, 0.1) is 7.11 Å². The van der Waals surface area contributed by atoms with Gasteiger partial charge in [-0.05, 0) is 25.0 Å². The van der Waals surface area contributed by atoms with Crippen LogP contribution in [0.2, 0.25) is 0 Å². The van der Waals surface area contributed by atoms with Crippen molar-refractivity contribution >= 4 is 21.9 Å². The molecule has 1 rings (SSSR count). The summed E-state index contributed by atoms with van der Waals surface area (Å²) in [6.45, 7) is 5.99. The predicted octanol–water partition coefficient (Wildman–Crippen LogP) is 3.74. The van der Waals surface area contributed by atoms with E-state index in [1.807, 2.05) is 32.9 Å². The summed E-state index contributed by atoms with van der Waals surface area (Å²) in [5.41, 5.74) is 1.81. The summed E-state index contributed by atoms with van der Waals surface area (Å²) in [6.07, 6.45) is 6.27. The van der Waals surface area contributed by atoms with E-state index < -0.39 is 0 Å². The van der Waals surface area contributed by atoms with Crippen molar-refractivity contribution in [3.05, 3.63) is 33.9 Å². The van der Waals surface area contributed by atoms with E-state index in [1.54, 1.807) is 6.08 Å². The minimum absolute atomic E-state index is 0.262. The molecule has 0 unspecified atom stereocenters. The molecule has 0 aromatic heterocycles. The monoisotopic (exact) mass is 272 g/mol. The first-order chi connectivity index (χ1) is 7.15. The minimum atomic E-state index is -0.262. The van der Waals surface area contributed by atoms with E-state index in [0.29, 0.717) is 12.0 Å². The second-order valence-corrected chi connectivity index (χ2v) is 3.64. The molecule has 0 bridgehead atoms. The molecule has 0 saturated heterocycles. The standard InChI is InChI=1S/C10H11BrO2.C2H6/c1-7-3-4-8(10(12)13-2)5-6-9(7)11;1-2/h3,5-6H,4H2,1-2H3;1-2H3. The maximum atomic E-state index is 11.2. The number of allylic oxidation sites excluding steroid dienone is 5. The number of rotatable bonds is 1. The molecule has 2 nitrogen and oxygen atoms in total. The molecule has 0 aromatic carbocycles. The van der Waals surface area contributed by atoms with E-state index >= 15 is 0 Å². The molecular formula is C12H17BrO2. The van der Waals surface area contributed by atoms with Crippen LogP contribution in [0.1, 0.15) is 27.2 Å². The smallest absolute Gasteiger partial charge is 0.334 e. The van der Waals surface area contributed by atoms with Crippen LogP contribution < -0.4 is 0 Å². The summed E-state index contributed by atoms with van der Waals surface area (Å²) in [4.78, 5) is 11.2. The molecule has 0 fully saturated rings. The number of carbonyl (C=O) groups is 1. The normalized spacial score (nSPS) is 14.9. The van der Waals surface area contributed by atoms with E-state index in [1.165, 1.54) is 7.11 Å². The molecule has 0 saturated carbocycles. The van der Waals surface area contributed by atoms with Gasteiger partial charge in [0.2, 0.25) is 0 Å². The largest absolute Gasteiger partial charge is 0.466 e. The highest BCUT2D eigenvalue weighted by Gasteiger charge is 2.09. The molecule has 0 aliphatic heterocycles. The molecule has 0 spiro atoms. The zero-order valence-corrected chi connectivity index (χ0v) is 11.2. The molecule has 3 heteroatoms. The number of esters is 1. The van der Waals surface area contributed by atoms with E-state index in [4.69, 9.17) is 0 Å². The Morgan fingerprint density at radius 2 is 2.00 bits per heavy atom. The number of hydrogen-bond donors (Lipinski definition) is 0. The molecule has 0 heterocycles. The maximum Gasteiger partial charge on any atom is 0.334 e. The van der Waals surface area contributed by atoms with Gasteiger partial charge in [-0.15, -0.1) is 0 Å². The van der Waals surface area contributed by atoms with Gasteiger partial charge in [-0.25, -0.2) is 4.79 Å². The fourth-order valence-electron chi connectivity index (χ4n) is 1.02. The lowest BCUT2D eigenvalue weighted by Crippen LogP contribution is -2.03. The van der Waals surface area contributed by atoms with Crippen LogP contribution in [0.3, 0.4) is 0 Å². The van der Waals surface area contributed by atoms with Crippen LogP contribution in [-0.2, 0) is 9.53 Å². The Morgan fingerprint density at radius 1 is 1.40 bits per heavy atom. The maximum absolute atomic E-state index is 11.2. The first-order valence-corrected chi connectivity index (χ1v) is 5.76. The van der Waals surface area contributed by atoms with Crippen molar-refractivity contribution in [2.24, 2.45) is 0 Å². The van der Waals surface area contributed by atoms with E-state index in [-0.39, 0.29) is 5.97 Å². The van der Waals surface area contributed by atoms with Crippen molar-refractivity contribution < 1.29 is 9.53 Å². The van der Waals surface area contributed by atoms with Crippen molar-refractivity contribution in [1.82, 2.24) is 0 Å². The van der Waals surface area contributed by atoms with Crippen LogP contribution >= 0.6 is 15.9 Å². The average Bonchev–Trinajstić information content (AvgIpc) is 2.45. The number of carbonyl (C=O) groups excluding carboxylic acids is 1. The van der Waals surface area contributed by atoms with Gasteiger partial charge in [-0.1, -0.05) is 41.9 Å². The number of hydrogen-bond acceptors (Lipinski definition) is 2. The molecule has 0 atom stereocenters. The van der Waals surface area contributed by atoms with E-state index in [9.17, 15) is 4.79 Å². The zero-order valence-electron chi connectivity index (χ0n) is 9.63. The summed E-state index contributed by atoms with van der Waals surface area (Å²) in [6, 6.07) is 0. The third kappa shape index (κ3) is 4.47. The highest BCUT2D eigenvalue weighted by molar-refractivity contribution is 9.12. The Morgan fingerprint density at radius 3 is 2.53 bits per heavy atom. The molecule has 84 valence electrons. The van der Waals surface area contributed by atoms with Gasteiger partial charge < -0.3 is 4.74 Å². The second-order valence-electron chi connectivity index (χ2n) is 2.79. The van der Waals surface area contributed by atoms with E-state index in [0.717, 1.165) is 10.1 Å². The third-order valence-corrected chi connectivity index (χ3v) is 2.77. The second kappa shape index (κ2) is 7.46. The van der Waals surface area contributed by atoms with Crippen LogP contribution in [-0.4, -0.2) is 13.1 Å². The molecule has 1 aliphatic rings. The number of methoxy groups -OCH3 is 1. The molecule has 15 heavy (non-hydrogen) atoms. The lowest BCUT2D eigenvalue weighted by molar-refractivity contribution is -0.136. The van der Waals surface area contributed by atoms with Gasteiger partial charge in [-0.2, -0.15) is 0 Å². The van der Waals surface area contributed by atoms with Crippen LogP contribution in [0.25, 0.3) is 0 Å². The van der Waals surface area contributed by atoms with Crippen molar-refractivity contribution in [3.63, 3.8) is 0 Å². The molecule has 0 radical (unpaired) electrons. The third-order valence-electron chi connectivity index (χ3n) is 1.88. The summed E-state index contributed by atoms with van der Waals surface area (Å²) in [7, 11) is 1.39. The zero-order chi connectivity index (χ0) is 11.8. The van der Waals surface area contributed by atoms with Crippen molar-refractivity contribution in [3.8, 4) is 0 Å². The Bertz CT molecular complexity index is 312. The van der Waals surface area contributed by atoms with Crippen LogP contribution in [0.4, 0.5) is 0 Å². The van der Waals surface area contributed by atoms with Gasteiger partial charge >= 0.3 is 5.97 Å². The summed E-state index contributed by atoms with van der Waals surface area (Å²) < 4.78 is 5.64. The fourth-order valence-corrected chi connectivity index (χ4v) is 1.31. The number of halogens is 1. The molecular weight excluding hydrogens is 256 g/mol. The fraction of sp³-hybridized carbons (Fsp3) is 0.417. The molecule has 0 N–H and O–H groups in total. The van der Waals surface area contributed by atoms with Crippen LogP contribution in [0.5, 0.6) is 0 Å². The Kier molecular flexibility index (Phi) is 7.05. The van der Waals surface area contributed by atoms with E-state index in [2.05, 4.69) is 20.7 Å². The molecule has 0 aromatic rings. The average molecular weight is 273 g/mol. The highest BCUT2D eigenvalue weighted by Crippen LogP contribution is 2.22. The lowest BCUT2D eigenvalue weighted by atomic mass is 10.1. The molecule has 0 amide bonds. The lowest BCUT2D eigenvalue weighted by Gasteiger charge is -1.99. The highest BCUT2D eigenvalue weighted by atomic mass is 79.9. The summed E-state index contributed by atoms with van der Waals surface area (Å²) >= 11 is 3.40. The Hall–Kier alpha value is -0.830. The van der Waals surface area contributed by atoms with Crippen LogP contribution in [0, 0.1) is 0 Å². The topological polar surface area (TPSA) is 26.3 Å². The van der Waals surface area contributed by atoms with Gasteiger partial charge in [0, 0.05) is 10.1 Å².